The molecule has 24 heavy (non-hydrogen) atoms. The number of anilines is 3. The lowest BCUT2D eigenvalue weighted by molar-refractivity contribution is -0.137. The highest BCUT2D eigenvalue weighted by Crippen LogP contribution is 2.34. The van der Waals surface area contributed by atoms with Gasteiger partial charge in [-0.15, -0.1) is 0 Å². The lowest BCUT2D eigenvalue weighted by atomic mass is 10.2. The number of rotatable bonds is 4. The van der Waals surface area contributed by atoms with Crippen LogP contribution in [0.3, 0.4) is 0 Å². The van der Waals surface area contributed by atoms with Crippen molar-refractivity contribution in [3.05, 3.63) is 35.1 Å². The molecule has 0 radical (unpaired) electrons. The molecular weight excluding hydrogens is 323 g/mol. The van der Waals surface area contributed by atoms with Crippen molar-refractivity contribution in [3.63, 3.8) is 0 Å². The molecule has 126 valence electrons. The van der Waals surface area contributed by atoms with Gasteiger partial charge in [-0.1, -0.05) is 0 Å². The van der Waals surface area contributed by atoms with Crippen LogP contribution in [0.25, 0.3) is 4.85 Å². The molecule has 1 aliphatic heterocycles. The Balaban J connectivity index is 1.87. The van der Waals surface area contributed by atoms with E-state index in [1.165, 1.54) is 0 Å². The molecule has 0 fully saturated rings. The standard InChI is InChI=1S/C14H14F3N7/c1-3-19-12-9(14(15,16)17)5-20-13(23-12)22-10-6-21-24-7-8(18-2)4-11(10)24/h5-6,8H,3-4,7H2,1H3,(H2,19,20,22,23)/t8-/m1/s1. The first-order chi connectivity index (χ1) is 11.4. The molecule has 3 rings (SSSR count). The van der Waals surface area contributed by atoms with E-state index in [2.05, 4.69) is 30.5 Å². The van der Waals surface area contributed by atoms with Crippen molar-refractivity contribution in [2.75, 3.05) is 17.2 Å². The molecule has 0 unspecified atom stereocenters. The summed E-state index contributed by atoms with van der Waals surface area (Å²) in [5.74, 6) is -0.230. The van der Waals surface area contributed by atoms with Crippen LogP contribution in [0, 0.1) is 6.57 Å². The van der Waals surface area contributed by atoms with Crippen LogP contribution in [-0.2, 0) is 19.1 Å². The largest absolute Gasteiger partial charge is 0.421 e. The fourth-order valence-corrected chi connectivity index (χ4v) is 2.53. The summed E-state index contributed by atoms with van der Waals surface area (Å²) < 4.78 is 40.6. The monoisotopic (exact) mass is 337 g/mol. The molecule has 0 bridgehead atoms. The maximum Gasteiger partial charge on any atom is 0.421 e. The highest BCUT2D eigenvalue weighted by molar-refractivity contribution is 5.59. The summed E-state index contributed by atoms with van der Waals surface area (Å²) in [6.45, 7) is 9.58. The molecule has 0 amide bonds. The van der Waals surface area contributed by atoms with E-state index >= 15 is 0 Å². The van der Waals surface area contributed by atoms with E-state index < -0.39 is 11.7 Å². The van der Waals surface area contributed by atoms with Crippen LogP contribution in [0.4, 0.5) is 30.6 Å². The van der Waals surface area contributed by atoms with Gasteiger partial charge in [0.15, 0.2) is 0 Å². The minimum atomic E-state index is -4.53. The SMILES string of the molecule is [C-]#[N+][C@@H]1Cc2c(Nc3ncc(C(F)(F)F)c(NCC)n3)cnn2C1. The number of aromatic nitrogens is 4. The number of alkyl halides is 3. The summed E-state index contributed by atoms with van der Waals surface area (Å²) >= 11 is 0. The molecule has 3 heterocycles. The summed E-state index contributed by atoms with van der Waals surface area (Å²) in [7, 11) is 0. The Morgan fingerprint density at radius 3 is 2.88 bits per heavy atom. The van der Waals surface area contributed by atoms with Gasteiger partial charge < -0.3 is 15.5 Å². The maximum absolute atomic E-state index is 13.0. The van der Waals surface area contributed by atoms with Crippen LogP contribution in [0.2, 0.25) is 0 Å². The van der Waals surface area contributed by atoms with Gasteiger partial charge in [-0.05, 0) is 6.92 Å². The molecule has 0 aliphatic carbocycles. The van der Waals surface area contributed by atoms with Crippen molar-refractivity contribution in [3.8, 4) is 0 Å². The zero-order valence-corrected chi connectivity index (χ0v) is 12.7. The van der Waals surface area contributed by atoms with E-state index in [9.17, 15) is 13.2 Å². The van der Waals surface area contributed by atoms with Crippen LogP contribution in [0.1, 0.15) is 18.2 Å². The van der Waals surface area contributed by atoms with Crippen molar-refractivity contribution in [1.29, 1.82) is 0 Å². The highest BCUT2D eigenvalue weighted by atomic mass is 19.4. The first kappa shape index (κ1) is 16.0. The minimum Gasteiger partial charge on any atom is -0.370 e. The Kier molecular flexibility index (Phi) is 4.01. The number of hydrogen-bond donors (Lipinski definition) is 2. The van der Waals surface area contributed by atoms with Crippen molar-refractivity contribution in [2.45, 2.75) is 32.1 Å². The zero-order chi connectivity index (χ0) is 17.3. The summed E-state index contributed by atoms with van der Waals surface area (Å²) in [6.07, 6.45) is -1.69. The van der Waals surface area contributed by atoms with Crippen molar-refractivity contribution >= 4 is 17.5 Å². The molecule has 2 aromatic heterocycles. The molecule has 2 aromatic rings. The van der Waals surface area contributed by atoms with Crippen LogP contribution >= 0.6 is 0 Å². The Morgan fingerprint density at radius 1 is 1.42 bits per heavy atom. The van der Waals surface area contributed by atoms with E-state index in [-0.39, 0.29) is 17.8 Å². The number of halogens is 3. The molecular formula is C14H14F3N7. The molecule has 0 aromatic carbocycles. The third-order valence-corrected chi connectivity index (χ3v) is 3.63. The maximum atomic E-state index is 13.0. The van der Waals surface area contributed by atoms with Gasteiger partial charge in [0.05, 0.1) is 24.0 Å². The van der Waals surface area contributed by atoms with E-state index in [4.69, 9.17) is 6.57 Å². The predicted octanol–water partition coefficient (Wildman–Crippen LogP) is 2.71. The Bertz CT molecular complexity index is 791. The summed E-state index contributed by atoms with van der Waals surface area (Å²) in [5.41, 5.74) is 0.510. The lowest BCUT2D eigenvalue weighted by Crippen LogP contribution is -2.14. The third kappa shape index (κ3) is 2.97. The van der Waals surface area contributed by atoms with Crippen LogP contribution in [-0.4, -0.2) is 32.3 Å². The van der Waals surface area contributed by atoms with Gasteiger partial charge in [-0.2, -0.15) is 23.3 Å². The Morgan fingerprint density at radius 2 is 2.21 bits per heavy atom. The minimum absolute atomic E-state index is 0.0426. The van der Waals surface area contributed by atoms with Gasteiger partial charge in [-0.25, -0.2) is 11.6 Å². The molecule has 1 atom stereocenters. The Hall–Kier alpha value is -2.83. The molecule has 10 heteroatoms. The van der Waals surface area contributed by atoms with Gasteiger partial charge in [-0.3, -0.25) is 4.68 Å². The summed E-state index contributed by atoms with van der Waals surface area (Å²) in [6, 6.07) is -0.167. The number of nitrogens with one attached hydrogen (secondary N) is 2. The van der Waals surface area contributed by atoms with Crippen molar-refractivity contribution < 1.29 is 13.2 Å². The lowest BCUT2D eigenvalue weighted by Gasteiger charge is -2.13. The molecule has 0 spiro atoms. The first-order valence-corrected chi connectivity index (χ1v) is 7.28. The zero-order valence-electron chi connectivity index (χ0n) is 12.7. The molecule has 2 N–H and O–H groups in total. The third-order valence-electron chi connectivity index (χ3n) is 3.63. The van der Waals surface area contributed by atoms with Crippen molar-refractivity contribution in [2.24, 2.45) is 0 Å². The quantitative estimate of drug-likeness (QED) is 0.840. The van der Waals surface area contributed by atoms with Gasteiger partial charge in [0, 0.05) is 12.7 Å². The summed E-state index contributed by atoms with van der Waals surface area (Å²) in [5, 5.41) is 9.66. The van der Waals surface area contributed by atoms with Gasteiger partial charge >= 0.3 is 6.18 Å². The van der Waals surface area contributed by atoms with Gasteiger partial charge in [0.2, 0.25) is 12.0 Å². The highest BCUT2D eigenvalue weighted by Gasteiger charge is 2.35. The van der Waals surface area contributed by atoms with Gasteiger partial charge in [0.1, 0.15) is 17.9 Å². The molecule has 0 saturated carbocycles. The van der Waals surface area contributed by atoms with Crippen molar-refractivity contribution in [1.82, 2.24) is 19.7 Å². The van der Waals surface area contributed by atoms with E-state index in [0.29, 0.717) is 25.2 Å². The average molecular weight is 337 g/mol. The Labute approximate surface area is 135 Å². The fourth-order valence-electron chi connectivity index (χ4n) is 2.53. The smallest absolute Gasteiger partial charge is 0.370 e. The predicted molar refractivity (Wildman–Crippen MR) is 80.8 cm³/mol. The second-order valence-corrected chi connectivity index (χ2v) is 5.28. The fraction of sp³-hybridized carbons (Fsp3) is 0.429. The number of hydrogen-bond acceptors (Lipinski definition) is 5. The normalized spacial score (nSPS) is 16.5. The second-order valence-electron chi connectivity index (χ2n) is 5.28. The molecule has 0 saturated heterocycles. The molecule has 1 aliphatic rings. The van der Waals surface area contributed by atoms with Crippen LogP contribution < -0.4 is 10.6 Å². The number of fused-ring (bicyclic) bond motifs is 1. The second kappa shape index (κ2) is 5.99. The molecule has 7 nitrogen and oxygen atoms in total. The van der Waals surface area contributed by atoms with Gasteiger partial charge in [0.25, 0.3) is 0 Å². The first-order valence-electron chi connectivity index (χ1n) is 7.28. The average Bonchev–Trinajstić information content (AvgIpc) is 3.08. The number of nitrogens with zero attached hydrogens (tertiary/aromatic N) is 5. The topological polar surface area (TPSA) is 72.0 Å². The van der Waals surface area contributed by atoms with E-state index in [1.54, 1.807) is 17.8 Å². The van der Waals surface area contributed by atoms with E-state index in [1.807, 2.05) is 0 Å². The van der Waals surface area contributed by atoms with Crippen LogP contribution in [0.5, 0.6) is 0 Å². The van der Waals surface area contributed by atoms with E-state index in [0.717, 1.165) is 11.9 Å². The summed E-state index contributed by atoms with van der Waals surface area (Å²) in [4.78, 5) is 11.2. The van der Waals surface area contributed by atoms with Crippen LogP contribution in [0.15, 0.2) is 12.4 Å².